The SMILES string of the molecule is CCc1nc2sc(C(=O)Nc3ccccc3)c(C)c2c(=O)n1CCCC(=O)OC. The number of amides is 1. The number of fused-ring (bicyclic) bond motifs is 1. The van der Waals surface area contributed by atoms with E-state index in [1.807, 2.05) is 37.3 Å². The van der Waals surface area contributed by atoms with E-state index >= 15 is 0 Å². The van der Waals surface area contributed by atoms with Crippen LogP contribution in [-0.2, 0) is 22.5 Å². The summed E-state index contributed by atoms with van der Waals surface area (Å²) in [6.45, 7) is 4.07. The number of hydrogen-bond donors (Lipinski definition) is 1. The molecular formula is C21H23N3O4S. The second-order valence-electron chi connectivity index (χ2n) is 6.57. The van der Waals surface area contributed by atoms with Crippen LogP contribution < -0.4 is 10.9 Å². The van der Waals surface area contributed by atoms with Gasteiger partial charge < -0.3 is 10.1 Å². The van der Waals surface area contributed by atoms with Gasteiger partial charge in [0.25, 0.3) is 11.5 Å². The smallest absolute Gasteiger partial charge is 0.305 e. The Balaban J connectivity index is 1.96. The Morgan fingerprint density at radius 1 is 1.24 bits per heavy atom. The van der Waals surface area contributed by atoms with Crippen LogP contribution in [-0.4, -0.2) is 28.5 Å². The number of methoxy groups -OCH3 is 1. The molecule has 2 aromatic heterocycles. The third kappa shape index (κ3) is 4.37. The van der Waals surface area contributed by atoms with Gasteiger partial charge in [0.15, 0.2) is 0 Å². The van der Waals surface area contributed by atoms with E-state index in [1.165, 1.54) is 18.4 Å². The number of anilines is 1. The molecule has 0 atom stereocenters. The van der Waals surface area contributed by atoms with Gasteiger partial charge in [0.2, 0.25) is 0 Å². The van der Waals surface area contributed by atoms with Crippen LogP contribution in [0.5, 0.6) is 0 Å². The number of thiophene rings is 1. The Morgan fingerprint density at radius 2 is 1.97 bits per heavy atom. The average Bonchev–Trinajstić information content (AvgIpc) is 3.06. The highest BCUT2D eigenvalue weighted by Gasteiger charge is 2.21. The van der Waals surface area contributed by atoms with Gasteiger partial charge >= 0.3 is 5.97 Å². The lowest BCUT2D eigenvalue weighted by Crippen LogP contribution is -2.25. The maximum Gasteiger partial charge on any atom is 0.305 e. The zero-order valence-corrected chi connectivity index (χ0v) is 17.5. The summed E-state index contributed by atoms with van der Waals surface area (Å²) in [6, 6.07) is 9.18. The number of nitrogens with one attached hydrogen (secondary N) is 1. The quantitative estimate of drug-likeness (QED) is 0.599. The van der Waals surface area contributed by atoms with Crippen molar-refractivity contribution in [2.24, 2.45) is 0 Å². The van der Waals surface area contributed by atoms with Crippen molar-refractivity contribution in [3.05, 3.63) is 57.0 Å². The minimum Gasteiger partial charge on any atom is -0.469 e. The van der Waals surface area contributed by atoms with Gasteiger partial charge in [-0.3, -0.25) is 19.0 Å². The average molecular weight is 413 g/mol. The first-order valence-electron chi connectivity index (χ1n) is 9.42. The number of carbonyl (C=O) groups is 2. The molecule has 0 saturated carbocycles. The minimum absolute atomic E-state index is 0.177. The third-order valence-corrected chi connectivity index (χ3v) is 5.86. The predicted octanol–water partition coefficient (Wildman–Crippen LogP) is 3.53. The van der Waals surface area contributed by atoms with Crippen LogP contribution >= 0.6 is 11.3 Å². The Hall–Kier alpha value is -3.00. The zero-order chi connectivity index (χ0) is 21.0. The molecule has 8 heteroatoms. The van der Waals surface area contributed by atoms with Gasteiger partial charge in [-0.05, 0) is 31.0 Å². The summed E-state index contributed by atoms with van der Waals surface area (Å²) in [6.07, 6.45) is 1.29. The summed E-state index contributed by atoms with van der Waals surface area (Å²) in [5.74, 6) is 0.0757. The highest BCUT2D eigenvalue weighted by molar-refractivity contribution is 7.20. The number of para-hydroxylation sites is 1. The van der Waals surface area contributed by atoms with Gasteiger partial charge in [0.1, 0.15) is 10.7 Å². The standard InChI is InChI=1S/C21H23N3O4S/c1-4-15-23-20-17(21(27)24(15)12-8-11-16(25)28-3)13(2)18(29-20)19(26)22-14-9-6-5-7-10-14/h5-7,9-10H,4,8,11-12H2,1-3H3,(H,22,26). The molecule has 0 saturated heterocycles. The molecule has 7 nitrogen and oxygen atoms in total. The molecule has 1 aromatic carbocycles. The van der Waals surface area contributed by atoms with Gasteiger partial charge in [-0.1, -0.05) is 25.1 Å². The van der Waals surface area contributed by atoms with Crippen molar-refractivity contribution in [3.63, 3.8) is 0 Å². The molecule has 3 aromatic rings. The molecule has 1 N–H and O–H groups in total. The van der Waals surface area contributed by atoms with Crippen molar-refractivity contribution < 1.29 is 14.3 Å². The molecule has 0 radical (unpaired) electrons. The van der Waals surface area contributed by atoms with E-state index in [0.717, 1.165) is 0 Å². The summed E-state index contributed by atoms with van der Waals surface area (Å²) in [7, 11) is 1.34. The summed E-state index contributed by atoms with van der Waals surface area (Å²) in [4.78, 5) is 42.9. The topological polar surface area (TPSA) is 90.3 Å². The van der Waals surface area contributed by atoms with Gasteiger partial charge in [-0.2, -0.15) is 0 Å². The lowest BCUT2D eigenvalue weighted by atomic mass is 10.2. The highest BCUT2D eigenvalue weighted by atomic mass is 32.1. The summed E-state index contributed by atoms with van der Waals surface area (Å²) in [5.41, 5.74) is 1.14. The Bertz CT molecular complexity index is 1100. The van der Waals surface area contributed by atoms with Crippen molar-refractivity contribution >= 4 is 39.1 Å². The van der Waals surface area contributed by atoms with Gasteiger partial charge in [-0.25, -0.2) is 4.98 Å². The fourth-order valence-electron chi connectivity index (χ4n) is 3.17. The van der Waals surface area contributed by atoms with Crippen LogP contribution in [0, 0.1) is 6.92 Å². The fraction of sp³-hybridized carbons (Fsp3) is 0.333. The van der Waals surface area contributed by atoms with E-state index in [0.29, 0.717) is 51.6 Å². The molecule has 152 valence electrons. The largest absolute Gasteiger partial charge is 0.469 e. The first-order chi connectivity index (χ1) is 14.0. The molecule has 0 bridgehead atoms. The van der Waals surface area contributed by atoms with E-state index in [4.69, 9.17) is 0 Å². The number of hydrogen-bond acceptors (Lipinski definition) is 6. The lowest BCUT2D eigenvalue weighted by molar-refractivity contribution is -0.140. The Labute approximate surface area is 172 Å². The predicted molar refractivity (Wildman–Crippen MR) is 114 cm³/mol. The molecule has 0 spiro atoms. The molecule has 0 unspecified atom stereocenters. The number of rotatable bonds is 7. The second kappa shape index (κ2) is 9.00. The van der Waals surface area contributed by atoms with Gasteiger partial charge in [0.05, 0.1) is 17.4 Å². The van der Waals surface area contributed by atoms with Crippen molar-refractivity contribution in [2.75, 3.05) is 12.4 Å². The van der Waals surface area contributed by atoms with Crippen molar-refractivity contribution in [2.45, 2.75) is 39.7 Å². The maximum atomic E-state index is 13.2. The maximum absolute atomic E-state index is 13.2. The first-order valence-corrected chi connectivity index (χ1v) is 10.2. The summed E-state index contributed by atoms with van der Waals surface area (Å²) in [5, 5.41) is 3.32. The van der Waals surface area contributed by atoms with E-state index < -0.39 is 0 Å². The molecule has 3 rings (SSSR count). The third-order valence-electron chi connectivity index (χ3n) is 4.67. The second-order valence-corrected chi connectivity index (χ2v) is 7.57. The number of ether oxygens (including phenoxy) is 1. The number of esters is 1. The van der Waals surface area contributed by atoms with E-state index in [9.17, 15) is 14.4 Å². The number of nitrogens with zero attached hydrogens (tertiary/aromatic N) is 2. The van der Waals surface area contributed by atoms with E-state index in [2.05, 4.69) is 15.0 Å². The van der Waals surface area contributed by atoms with E-state index in [1.54, 1.807) is 11.5 Å². The fourth-order valence-corrected chi connectivity index (χ4v) is 4.25. The van der Waals surface area contributed by atoms with Crippen molar-refractivity contribution in [1.29, 1.82) is 0 Å². The molecule has 1 amide bonds. The molecule has 0 aliphatic heterocycles. The number of aryl methyl sites for hydroxylation is 2. The highest BCUT2D eigenvalue weighted by Crippen LogP contribution is 2.28. The number of aromatic nitrogens is 2. The molecular weight excluding hydrogens is 390 g/mol. The van der Waals surface area contributed by atoms with Gasteiger partial charge in [0, 0.05) is 25.1 Å². The summed E-state index contributed by atoms with van der Waals surface area (Å²) >= 11 is 1.23. The van der Waals surface area contributed by atoms with Crippen LogP contribution in [0.2, 0.25) is 0 Å². The normalized spacial score (nSPS) is 10.9. The van der Waals surface area contributed by atoms with Crippen LogP contribution in [0.25, 0.3) is 10.2 Å². The van der Waals surface area contributed by atoms with Crippen LogP contribution in [0.4, 0.5) is 5.69 Å². The minimum atomic E-state index is -0.309. The lowest BCUT2D eigenvalue weighted by Gasteiger charge is -2.11. The zero-order valence-electron chi connectivity index (χ0n) is 16.7. The monoisotopic (exact) mass is 413 g/mol. The van der Waals surface area contributed by atoms with Crippen LogP contribution in [0.1, 0.15) is 40.8 Å². The molecule has 0 aliphatic rings. The van der Waals surface area contributed by atoms with Crippen LogP contribution in [0.15, 0.2) is 35.1 Å². The van der Waals surface area contributed by atoms with Crippen molar-refractivity contribution in [1.82, 2.24) is 9.55 Å². The molecule has 0 aliphatic carbocycles. The molecule has 29 heavy (non-hydrogen) atoms. The first kappa shape index (κ1) is 20.7. The van der Waals surface area contributed by atoms with Gasteiger partial charge in [-0.15, -0.1) is 11.3 Å². The summed E-state index contributed by atoms with van der Waals surface area (Å²) < 4.78 is 6.26. The number of benzene rings is 1. The number of carbonyl (C=O) groups excluding carboxylic acids is 2. The molecule has 0 fully saturated rings. The Kier molecular flexibility index (Phi) is 6.43. The van der Waals surface area contributed by atoms with Crippen LogP contribution in [0.3, 0.4) is 0 Å². The van der Waals surface area contributed by atoms with Crippen molar-refractivity contribution in [3.8, 4) is 0 Å². The Morgan fingerprint density at radius 3 is 2.62 bits per heavy atom. The van der Waals surface area contributed by atoms with E-state index in [-0.39, 0.29) is 23.9 Å². The molecule has 2 heterocycles.